The SMILES string of the molecule is CC(C)OC(=O)C(C)NP(=O)(OC[C@@]1(N=[N+]=[N-])O[C@@H](n2ccc(=O)[nH]c2=O)[C@@H](C)[C@@H]1O)Oc1ccccc1. The molecule has 0 amide bonds. The molecule has 0 bridgehead atoms. The fourth-order valence-electron chi connectivity index (χ4n) is 3.71. The van der Waals surface area contributed by atoms with Gasteiger partial charge < -0.3 is 19.1 Å². The number of aliphatic hydroxyl groups is 1. The number of azide groups is 1. The first-order chi connectivity index (χ1) is 17.9. The highest BCUT2D eigenvalue weighted by atomic mass is 31.2. The number of nitrogens with zero attached hydrogens (tertiary/aromatic N) is 4. The average molecular weight is 552 g/mol. The third-order valence-corrected chi connectivity index (χ3v) is 7.17. The molecule has 1 aliphatic rings. The van der Waals surface area contributed by atoms with Crippen LogP contribution in [0.25, 0.3) is 10.4 Å². The Labute approximate surface area is 216 Å². The predicted molar refractivity (Wildman–Crippen MR) is 133 cm³/mol. The molecule has 6 atom stereocenters. The number of nitrogens with one attached hydrogen (secondary N) is 2. The molecule has 2 unspecified atom stereocenters. The molecule has 1 aliphatic heterocycles. The number of hydrogen-bond acceptors (Lipinski definition) is 10. The second-order valence-corrected chi connectivity index (χ2v) is 10.6. The number of H-pyrrole nitrogens is 1. The van der Waals surface area contributed by atoms with Gasteiger partial charge in [0.05, 0.1) is 18.8 Å². The maximum atomic E-state index is 13.8. The molecule has 15 nitrogen and oxygen atoms in total. The molecular formula is C22H29N6O9P. The molecule has 1 aromatic carbocycles. The first-order valence-corrected chi connectivity index (χ1v) is 13.1. The van der Waals surface area contributed by atoms with Gasteiger partial charge in [-0.3, -0.25) is 23.7 Å². The van der Waals surface area contributed by atoms with Crippen molar-refractivity contribution >= 4 is 13.7 Å². The Hall–Kier alpha value is -3.45. The van der Waals surface area contributed by atoms with Gasteiger partial charge in [0, 0.05) is 23.1 Å². The molecule has 38 heavy (non-hydrogen) atoms. The molecule has 1 aromatic heterocycles. The highest BCUT2D eigenvalue weighted by molar-refractivity contribution is 7.52. The lowest BCUT2D eigenvalue weighted by Crippen LogP contribution is -2.44. The predicted octanol–water partition coefficient (Wildman–Crippen LogP) is 2.20. The number of benzene rings is 1. The van der Waals surface area contributed by atoms with Gasteiger partial charge in [0.2, 0.25) is 0 Å². The van der Waals surface area contributed by atoms with Gasteiger partial charge in [-0.1, -0.05) is 30.2 Å². The second-order valence-electron chi connectivity index (χ2n) is 8.88. The topological polar surface area (TPSA) is 207 Å². The fourth-order valence-corrected chi connectivity index (χ4v) is 5.22. The quantitative estimate of drug-likeness (QED) is 0.122. The lowest BCUT2D eigenvalue weighted by atomic mass is 9.98. The smallest absolute Gasteiger partial charge is 0.459 e. The Balaban J connectivity index is 1.91. The maximum absolute atomic E-state index is 13.8. The number of ether oxygens (including phenoxy) is 2. The van der Waals surface area contributed by atoms with E-state index in [2.05, 4.69) is 20.1 Å². The van der Waals surface area contributed by atoms with Crippen molar-refractivity contribution in [1.29, 1.82) is 0 Å². The van der Waals surface area contributed by atoms with Crippen molar-refractivity contribution in [2.24, 2.45) is 11.0 Å². The highest BCUT2D eigenvalue weighted by Crippen LogP contribution is 2.49. The summed E-state index contributed by atoms with van der Waals surface area (Å²) in [4.78, 5) is 41.0. The van der Waals surface area contributed by atoms with E-state index in [4.69, 9.17) is 18.5 Å². The summed E-state index contributed by atoms with van der Waals surface area (Å²) < 4.78 is 36.9. The van der Waals surface area contributed by atoms with Gasteiger partial charge in [0.25, 0.3) is 5.56 Å². The summed E-state index contributed by atoms with van der Waals surface area (Å²) >= 11 is 0. The lowest BCUT2D eigenvalue weighted by molar-refractivity contribution is -0.149. The van der Waals surface area contributed by atoms with Crippen LogP contribution < -0.4 is 20.9 Å². The third kappa shape index (κ3) is 6.70. The molecule has 3 rings (SSSR count). The normalized spacial score (nSPS) is 25.3. The molecule has 0 radical (unpaired) electrons. The molecular weight excluding hydrogens is 523 g/mol. The van der Waals surface area contributed by atoms with Gasteiger partial charge in [-0.25, -0.2) is 9.36 Å². The van der Waals surface area contributed by atoms with Crippen LogP contribution in [0.1, 0.15) is 33.9 Å². The zero-order chi connectivity index (χ0) is 28.1. The molecule has 2 heterocycles. The summed E-state index contributed by atoms with van der Waals surface area (Å²) in [7, 11) is -4.41. The van der Waals surface area contributed by atoms with E-state index in [9.17, 15) is 29.6 Å². The van der Waals surface area contributed by atoms with Crippen molar-refractivity contribution in [3.8, 4) is 5.75 Å². The third-order valence-electron chi connectivity index (χ3n) is 5.54. The van der Waals surface area contributed by atoms with Gasteiger partial charge in [-0.05, 0) is 38.4 Å². The van der Waals surface area contributed by atoms with E-state index < -0.39 is 67.7 Å². The zero-order valence-electron chi connectivity index (χ0n) is 21.1. The van der Waals surface area contributed by atoms with E-state index in [0.717, 1.165) is 16.8 Å². The largest absolute Gasteiger partial charge is 0.462 e. The summed E-state index contributed by atoms with van der Waals surface area (Å²) in [6, 6.07) is 7.87. The van der Waals surface area contributed by atoms with Gasteiger partial charge in [-0.2, -0.15) is 5.09 Å². The molecule has 206 valence electrons. The number of aromatic amines is 1. The van der Waals surface area contributed by atoms with Crippen LogP contribution >= 0.6 is 7.75 Å². The molecule has 2 aromatic rings. The molecule has 1 saturated heterocycles. The number of hydrogen-bond donors (Lipinski definition) is 3. The van der Waals surface area contributed by atoms with Gasteiger partial charge >= 0.3 is 19.4 Å². The summed E-state index contributed by atoms with van der Waals surface area (Å²) in [6.45, 7) is 5.40. The van der Waals surface area contributed by atoms with Crippen molar-refractivity contribution < 1.29 is 33.0 Å². The number of aliphatic hydroxyl groups excluding tert-OH is 1. The van der Waals surface area contributed by atoms with Crippen LogP contribution in [0.3, 0.4) is 0 Å². The van der Waals surface area contributed by atoms with E-state index in [1.165, 1.54) is 26.0 Å². The van der Waals surface area contributed by atoms with E-state index in [1.54, 1.807) is 32.0 Å². The summed E-state index contributed by atoms with van der Waals surface area (Å²) in [5.41, 5.74) is 5.61. The number of aromatic nitrogens is 2. The fraction of sp³-hybridized carbons (Fsp3) is 0.500. The van der Waals surface area contributed by atoms with Gasteiger partial charge in [0.1, 0.15) is 18.0 Å². The van der Waals surface area contributed by atoms with E-state index in [0.29, 0.717) is 0 Å². The highest BCUT2D eigenvalue weighted by Gasteiger charge is 2.55. The van der Waals surface area contributed by atoms with Crippen molar-refractivity contribution in [2.45, 2.75) is 57.9 Å². The summed E-state index contributed by atoms with van der Waals surface area (Å²) in [6.07, 6.45) is -2.01. The number of para-hydroxylation sites is 1. The Morgan fingerprint density at radius 2 is 2.00 bits per heavy atom. The lowest BCUT2D eigenvalue weighted by Gasteiger charge is -2.30. The minimum Gasteiger partial charge on any atom is -0.462 e. The zero-order valence-corrected chi connectivity index (χ0v) is 22.0. The minimum atomic E-state index is -4.41. The van der Waals surface area contributed by atoms with Crippen molar-refractivity contribution in [1.82, 2.24) is 14.6 Å². The monoisotopic (exact) mass is 552 g/mol. The first-order valence-electron chi connectivity index (χ1n) is 11.6. The van der Waals surface area contributed by atoms with Gasteiger partial charge in [0.15, 0.2) is 5.72 Å². The molecule has 0 aliphatic carbocycles. The summed E-state index contributed by atoms with van der Waals surface area (Å²) in [5, 5.41) is 17.0. The summed E-state index contributed by atoms with van der Waals surface area (Å²) in [5.74, 6) is -1.45. The standard InChI is InChI=1S/C22H29N6O9P/c1-13(2)35-20(31)15(4)25-38(33,37-16-8-6-5-7-9-16)34-12-22(26-27-23)18(30)14(3)19(36-22)28-11-10-17(29)24-21(28)32/h5-11,13-15,18-19,30H,12H2,1-4H3,(H,25,33)(H,24,29,32)/t14-,15?,18-,19+,22+,38?/m0/s1. The number of esters is 1. The second kappa shape index (κ2) is 11.9. The van der Waals surface area contributed by atoms with Crippen LogP contribution in [0.5, 0.6) is 5.75 Å². The minimum absolute atomic E-state index is 0.129. The first kappa shape index (κ1) is 29.1. The Bertz CT molecular complexity index is 1340. The van der Waals surface area contributed by atoms with Crippen molar-refractivity contribution in [3.63, 3.8) is 0 Å². The van der Waals surface area contributed by atoms with Crippen LogP contribution in [-0.2, 0) is 23.4 Å². The van der Waals surface area contributed by atoms with Crippen LogP contribution in [-0.4, -0.2) is 51.2 Å². The Morgan fingerprint density at radius 1 is 1.32 bits per heavy atom. The molecule has 16 heteroatoms. The number of carbonyl (C=O) groups excluding carboxylic acids is 1. The van der Waals surface area contributed by atoms with Gasteiger partial charge in [-0.15, -0.1) is 0 Å². The Kier molecular flexibility index (Phi) is 9.15. The molecule has 0 spiro atoms. The van der Waals surface area contributed by atoms with Crippen LogP contribution in [0.15, 0.2) is 57.3 Å². The average Bonchev–Trinajstić information content (AvgIpc) is 3.09. The molecule has 3 N–H and O–H groups in total. The van der Waals surface area contributed by atoms with Crippen LogP contribution in [0, 0.1) is 5.92 Å². The van der Waals surface area contributed by atoms with Crippen LogP contribution in [0.2, 0.25) is 0 Å². The Morgan fingerprint density at radius 3 is 2.61 bits per heavy atom. The molecule has 1 fully saturated rings. The number of carbonyl (C=O) groups is 1. The maximum Gasteiger partial charge on any atom is 0.459 e. The van der Waals surface area contributed by atoms with Crippen molar-refractivity contribution in [3.05, 3.63) is 73.9 Å². The molecule has 0 saturated carbocycles. The van der Waals surface area contributed by atoms with Crippen LogP contribution in [0.4, 0.5) is 0 Å². The van der Waals surface area contributed by atoms with E-state index in [1.807, 2.05) is 0 Å². The number of rotatable bonds is 11. The van der Waals surface area contributed by atoms with E-state index in [-0.39, 0.29) is 5.75 Å². The van der Waals surface area contributed by atoms with E-state index >= 15 is 0 Å². The van der Waals surface area contributed by atoms with Crippen molar-refractivity contribution in [2.75, 3.05) is 6.61 Å².